The molecule has 0 radical (unpaired) electrons. The van der Waals surface area contributed by atoms with Crippen molar-refractivity contribution < 1.29 is 24.0 Å². The quantitative estimate of drug-likeness (QED) is 0.561. The second-order valence-electron chi connectivity index (χ2n) is 6.99. The zero-order chi connectivity index (χ0) is 21.2. The van der Waals surface area contributed by atoms with E-state index in [-0.39, 0.29) is 30.9 Å². The van der Waals surface area contributed by atoms with Gasteiger partial charge in [-0.2, -0.15) is 0 Å². The van der Waals surface area contributed by atoms with Gasteiger partial charge >= 0.3 is 5.97 Å². The Kier molecular flexibility index (Phi) is 8.36. The molecule has 2 aromatic carbocycles. The van der Waals surface area contributed by atoms with Crippen LogP contribution in [0.2, 0.25) is 0 Å². The Morgan fingerprint density at radius 1 is 0.862 bits per heavy atom. The van der Waals surface area contributed by atoms with Crippen LogP contribution in [0.25, 0.3) is 0 Å². The van der Waals surface area contributed by atoms with E-state index >= 15 is 0 Å². The number of ether oxygens (including phenoxy) is 1. The lowest BCUT2D eigenvalue weighted by molar-refractivity contribution is -0.862. The lowest BCUT2D eigenvalue weighted by Crippen LogP contribution is -3.11. The molecule has 2 rings (SSSR count). The van der Waals surface area contributed by atoms with Crippen LogP contribution < -0.4 is 15.5 Å². The molecule has 0 saturated heterocycles. The van der Waals surface area contributed by atoms with Crippen LogP contribution >= 0.6 is 0 Å². The highest BCUT2D eigenvalue weighted by Gasteiger charge is 2.15. The van der Waals surface area contributed by atoms with Crippen molar-refractivity contribution in [3.05, 3.63) is 59.7 Å². The molecule has 2 aromatic rings. The van der Waals surface area contributed by atoms with E-state index in [2.05, 4.69) is 10.6 Å². The first-order valence-corrected chi connectivity index (χ1v) is 9.62. The number of esters is 1. The molecule has 0 heterocycles. The van der Waals surface area contributed by atoms with E-state index < -0.39 is 0 Å². The molecule has 1 atom stereocenters. The Bertz CT molecular complexity index is 832. The van der Waals surface area contributed by atoms with Gasteiger partial charge in [-0.05, 0) is 49.7 Å². The van der Waals surface area contributed by atoms with Crippen LogP contribution in [-0.2, 0) is 14.3 Å². The summed E-state index contributed by atoms with van der Waals surface area (Å²) in [5, 5.41) is 5.59. The number of carbonyl (C=O) groups excluding carboxylic acids is 3. The summed E-state index contributed by atoms with van der Waals surface area (Å²) in [4.78, 5) is 36.9. The standard InChI is InChI=1S/C22H27N3O4/c1-4-13-29-22(28)17-7-11-19(12-8-17)24-21(27)15-25(3)14-20(26)23-18-9-5-16(2)6-10-18/h5-12H,4,13-15H2,1-3H3,(H,23,26)(H,24,27)/p+1. The van der Waals surface area contributed by atoms with E-state index in [1.165, 1.54) is 0 Å². The fraction of sp³-hybridized carbons (Fsp3) is 0.318. The smallest absolute Gasteiger partial charge is 0.338 e. The molecule has 2 amide bonds. The van der Waals surface area contributed by atoms with Crippen LogP contribution in [0.1, 0.15) is 29.3 Å². The zero-order valence-corrected chi connectivity index (χ0v) is 17.1. The van der Waals surface area contributed by atoms with E-state index in [1.807, 2.05) is 38.1 Å². The van der Waals surface area contributed by atoms with Gasteiger partial charge in [0.25, 0.3) is 11.8 Å². The predicted octanol–water partition coefficient (Wildman–Crippen LogP) is 1.65. The third-order valence-corrected chi connectivity index (χ3v) is 4.10. The minimum Gasteiger partial charge on any atom is -0.462 e. The molecule has 7 nitrogen and oxygen atoms in total. The first-order valence-electron chi connectivity index (χ1n) is 9.62. The van der Waals surface area contributed by atoms with Crippen LogP contribution in [0.15, 0.2) is 48.5 Å². The van der Waals surface area contributed by atoms with Gasteiger partial charge in [-0.1, -0.05) is 24.6 Å². The molecule has 7 heteroatoms. The third-order valence-electron chi connectivity index (χ3n) is 4.10. The van der Waals surface area contributed by atoms with E-state index in [9.17, 15) is 14.4 Å². The molecule has 0 aliphatic carbocycles. The number of carbonyl (C=O) groups is 3. The summed E-state index contributed by atoms with van der Waals surface area (Å²) < 4.78 is 5.07. The summed E-state index contributed by atoms with van der Waals surface area (Å²) in [6.07, 6.45) is 0.763. The van der Waals surface area contributed by atoms with Gasteiger partial charge in [0, 0.05) is 11.4 Å². The highest BCUT2D eigenvalue weighted by Crippen LogP contribution is 2.10. The Morgan fingerprint density at radius 3 is 1.83 bits per heavy atom. The molecule has 0 aliphatic rings. The molecule has 0 aromatic heterocycles. The fourth-order valence-corrected chi connectivity index (χ4v) is 2.63. The molecule has 154 valence electrons. The van der Waals surface area contributed by atoms with Crippen molar-refractivity contribution in [1.29, 1.82) is 0 Å². The molecule has 0 saturated carbocycles. The number of rotatable bonds is 9. The largest absolute Gasteiger partial charge is 0.462 e. The first kappa shape index (κ1) is 22.1. The first-order chi connectivity index (χ1) is 13.9. The van der Waals surface area contributed by atoms with Crippen molar-refractivity contribution in [1.82, 2.24) is 0 Å². The highest BCUT2D eigenvalue weighted by molar-refractivity contribution is 5.94. The normalized spacial score (nSPS) is 11.4. The number of likely N-dealkylation sites (N-methyl/N-ethyl adjacent to an activating group) is 1. The summed E-state index contributed by atoms with van der Waals surface area (Å²) in [6, 6.07) is 14.1. The minimum atomic E-state index is -0.381. The van der Waals surface area contributed by atoms with Crippen molar-refractivity contribution in [2.75, 3.05) is 37.4 Å². The van der Waals surface area contributed by atoms with E-state index in [0.717, 1.165) is 22.6 Å². The number of benzene rings is 2. The Hall–Kier alpha value is -3.19. The lowest BCUT2D eigenvalue weighted by atomic mass is 10.2. The number of quaternary nitrogens is 1. The van der Waals surface area contributed by atoms with Crippen molar-refractivity contribution in [3.8, 4) is 0 Å². The topological polar surface area (TPSA) is 88.9 Å². The Morgan fingerprint density at radius 2 is 1.34 bits per heavy atom. The lowest BCUT2D eigenvalue weighted by Gasteiger charge is -2.14. The summed E-state index contributed by atoms with van der Waals surface area (Å²) in [6.45, 7) is 4.60. The highest BCUT2D eigenvalue weighted by atomic mass is 16.5. The molecule has 0 spiro atoms. The summed E-state index contributed by atoms with van der Waals surface area (Å²) in [5.41, 5.74) is 2.87. The van der Waals surface area contributed by atoms with Crippen LogP contribution in [0.3, 0.4) is 0 Å². The molecule has 0 bridgehead atoms. The van der Waals surface area contributed by atoms with Gasteiger partial charge in [-0.3, -0.25) is 9.59 Å². The number of amides is 2. The van der Waals surface area contributed by atoms with Gasteiger partial charge in [0.05, 0.1) is 19.2 Å². The number of aryl methyl sites for hydroxylation is 1. The minimum absolute atomic E-state index is 0.140. The maximum atomic E-state index is 12.2. The number of nitrogens with one attached hydrogen (secondary N) is 3. The van der Waals surface area contributed by atoms with Crippen LogP contribution in [0, 0.1) is 6.92 Å². The number of anilines is 2. The van der Waals surface area contributed by atoms with E-state index in [4.69, 9.17) is 4.74 Å². The molecule has 0 fully saturated rings. The van der Waals surface area contributed by atoms with E-state index in [0.29, 0.717) is 17.9 Å². The van der Waals surface area contributed by atoms with Crippen molar-refractivity contribution in [3.63, 3.8) is 0 Å². The van der Waals surface area contributed by atoms with Gasteiger partial charge in [0.1, 0.15) is 0 Å². The van der Waals surface area contributed by atoms with Gasteiger partial charge in [0.15, 0.2) is 13.1 Å². The summed E-state index contributed by atoms with van der Waals surface area (Å²) in [5.74, 6) is -0.755. The van der Waals surface area contributed by atoms with Crippen LogP contribution in [0.4, 0.5) is 11.4 Å². The maximum absolute atomic E-state index is 12.2. The predicted molar refractivity (Wildman–Crippen MR) is 112 cm³/mol. The summed E-state index contributed by atoms with van der Waals surface area (Å²) >= 11 is 0. The third kappa shape index (κ3) is 7.75. The van der Waals surface area contributed by atoms with Crippen LogP contribution in [0.5, 0.6) is 0 Å². The van der Waals surface area contributed by atoms with Crippen molar-refractivity contribution in [2.24, 2.45) is 0 Å². The zero-order valence-electron chi connectivity index (χ0n) is 17.1. The molecule has 0 aliphatic heterocycles. The van der Waals surface area contributed by atoms with Crippen molar-refractivity contribution in [2.45, 2.75) is 20.3 Å². The van der Waals surface area contributed by atoms with Gasteiger partial charge < -0.3 is 20.3 Å². The summed E-state index contributed by atoms with van der Waals surface area (Å²) in [7, 11) is 1.78. The number of hydrogen-bond donors (Lipinski definition) is 3. The average Bonchev–Trinajstić information content (AvgIpc) is 2.68. The van der Waals surface area contributed by atoms with Gasteiger partial charge in [-0.25, -0.2) is 4.79 Å². The van der Waals surface area contributed by atoms with Crippen LogP contribution in [-0.4, -0.2) is 44.5 Å². The molecule has 3 N–H and O–H groups in total. The fourth-order valence-electron chi connectivity index (χ4n) is 2.63. The average molecular weight is 398 g/mol. The van der Waals surface area contributed by atoms with Crippen molar-refractivity contribution >= 4 is 29.2 Å². The SMILES string of the molecule is CCCOC(=O)c1ccc(NC(=O)C[NH+](C)CC(=O)Nc2ccc(C)cc2)cc1. The monoisotopic (exact) mass is 398 g/mol. The molecule has 1 unspecified atom stereocenters. The Labute approximate surface area is 171 Å². The molecular weight excluding hydrogens is 370 g/mol. The Balaban J connectivity index is 1.78. The molecule has 29 heavy (non-hydrogen) atoms. The van der Waals surface area contributed by atoms with Gasteiger partial charge in [0.2, 0.25) is 0 Å². The number of hydrogen-bond acceptors (Lipinski definition) is 4. The van der Waals surface area contributed by atoms with Gasteiger partial charge in [-0.15, -0.1) is 0 Å². The second-order valence-corrected chi connectivity index (χ2v) is 6.99. The van der Waals surface area contributed by atoms with E-state index in [1.54, 1.807) is 31.3 Å². The molecular formula is C22H28N3O4+. The second kappa shape index (κ2) is 11.0. The maximum Gasteiger partial charge on any atom is 0.338 e.